The number of fused-ring (bicyclic) bond motifs is 1. The minimum atomic E-state index is -2.08. The summed E-state index contributed by atoms with van der Waals surface area (Å²) in [6.07, 6.45) is 4.40. The Morgan fingerprint density at radius 1 is 1.24 bits per heavy atom. The Labute approximate surface area is 194 Å². The standard InChI is InChI=1S/C25H32N2O6/c1-6-23-10-7-12-27-13-11-24(19(23)27)17-9-8-16(31-4)14-18(17)26(3)20(24)25(30,22(29)32-5)21(23)33-15(2)28/h7-10,14,19-21,30H,6,11-13H2,1-5H3/t19?,20?,21-,23-,24?,25+/m1/s1. The Morgan fingerprint density at radius 2 is 2.00 bits per heavy atom. The van der Waals surface area contributed by atoms with Crippen LogP contribution in [0.1, 0.15) is 32.3 Å². The zero-order chi connectivity index (χ0) is 23.8. The number of carbonyl (C=O) groups is 2. The van der Waals surface area contributed by atoms with Gasteiger partial charge < -0.3 is 24.2 Å². The number of methoxy groups -OCH3 is 2. The predicted molar refractivity (Wildman–Crippen MR) is 121 cm³/mol. The molecule has 3 aliphatic heterocycles. The number of aliphatic hydroxyl groups is 1. The molecule has 6 atom stereocenters. The van der Waals surface area contributed by atoms with Gasteiger partial charge in [0.15, 0.2) is 6.10 Å². The quantitative estimate of drug-likeness (QED) is 0.541. The Bertz CT molecular complexity index is 1040. The molecule has 1 N–H and O–H groups in total. The summed E-state index contributed by atoms with van der Waals surface area (Å²) >= 11 is 0. The van der Waals surface area contributed by atoms with E-state index in [2.05, 4.69) is 23.1 Å². The third-order valence-corrected chi connectivity index (χ3v) is 8.62. The van der Waals surface area contributed by atoms with Crippen LogP contribution in [0.25, 0.3) is 0 Å². The highest BCUT2D eigenvalue weighted by Crippen LogP contribution is 2.67. The largest absolute Gasteiger partial charge is 0.497 e. The minimum Gasteiger partial charge on any atom is -0.497 e. The lowest BCUT2D eigenvalue weighted by Crippen LogP contribution is -2.81. The van der Waals surface area contributed by atoms with Crippen LogP contribution in [0.4, 0.5) is 5.69 Å². The average molecular weight is 457 g/mol. The van der Waals surface area contributed by atoms with Gasteiger partial charge in [0.2, 0.25) is 5.60 Å². The van der Waals surface area contributed by atoms with Gasteiger partial charge in [0.1, 0.15) is 5.75 Å². The molecule has 0 aromatic heterocycles. The van der Waals surface area contributed by atoms with Gasteiger partial charge in [0.05, 0.1) is 20.3 Å². The summed E-state index contributed by atoms with van der Waals surface area (Å²) < 4.78 is 16.6. The molecule has 3 unspecified atom stereocenters. The molecule has 178 valence electrons. The molecular formula is C25H32N2O6. The van der Waals surface area contributed by atoms with Gasteiger partial charge >= 0.3 is 11.9 Å². The van der Waals surface area contributed by atoms with Crippen molar-refractivity contribution in [1.82, 2.24) is 4.90 Å². The van der Waals surface area contributed by atoms with Gasteiger partial charge in [-0.25, -0.2) is 4.79 Å². The molecule has 1 aromatic rings. The van der Waals surface area contributed by atoms with Crippen LogP contribution in [0.15, 0.2) is 30.4 Å². The number of rotatable bonds is 4. The first-order valence-corrected chi connectivity index (χ1v) is 11.5. The van der Waals surface area contributed by atoms with Crippen LogP contribution >= 0.6 is 0 Å². The van der Waals surface area contributed by atoms with Gasteiger partial charge in [-0.15, -0.1) is 0 Å². The molecule has 8 nitrogen and oxygen atoms in total. The molecule has 1 spiro atoms. The van der Waals surface area contributed by atoms with Crippen molar-refractivity contribution in [3.63, 3.8) is 0 Å². The molecule has 5 rings (SSSR count). The molecule has 0 amide bonds. The second-order valence-electron chi connectivity index (χ2n) is 9.76. The molecule has 2 fully saturated rings. The molecule has 1 saturated heterocycles. The molecule has 8 heteroatoms. The summed E-state index contributed by atoms with van der Waals surface area (Å²) in [6, 6.07) is 5.22. The van der Waals surface area contributed by atoms with Crippen molar-refractivity contribution in [2.24, 2.45) is 5.41 Å². The van der Waals surface area contributed by atoms with Crippen molar-refractivity contribution >= 4 is 17.6 Å². The summed E-state index contributed by atoms with van der Waals surface area (Å²) in [5.74, 6) is -0.617. The molecular weight excluding hydrogens is 424 g/mol. The maximum absolute atomic E-state index is 13.5. The van der Waals surface area contributed by atoms with Crippen molar-refractivity contribution in [2.45, 2.75) is 55.9 Å². The number of carbonyl (C=O) groups excluding carboxylic acids is 2. The summed E-state index contributed by atoms with van der Waals surface area (Å²) in [7, 11) is 4.77. The molecule has 1 aromatic carbocycles. The highest BCUT2D eigenvalue weighted by Gasteiger charge is 2.80. The SMILES string of the molecule is CC[C@]12C=CCN3CCC4(c5ccc(OC)cc5N(C)C4[C@@](O)(C(=O)OC)[C@@H]1OC(C)=O)C32. The number of nitrogens with zero attached hydrogens (tertiary/aromatic N) is 2. The lowest BCUT2D eigenvalue weighted by atomic mass is 9.47. The van der Waals surface area contributed by atoms with E-state index >= 15 is 0 Å². The minimum absolute atomic E-state index is 0.0589. The molecule has 1 saturated carbocycles. The first-order chi connectivity index (χ1) is 15.7. The van der Waals surface area contributed by atoms with Crippen molar-refractivity contribution in [3.05, 3.63) is 35.9 Å². The first kappa shape index (κ1) is 22.2. The zero-order valence-corrected chi connectivity index (χ0v) is 19.8. The van der Waals surface area contributed by atoms with Crippen molar-refractivity contribution in [1.29, 1.82) is 0 Å². The van der Waals surface area contributed by atoms with E-state index in [4.69, 9.17) is 14.2 Å². The lowest BCUT2D eigenvalue weighted by molar-refractivity contribution is -0.228. The number of hydrogen-bond donors (Lipinski definition) is 1. The van der Waals surface area contributed by atoms with E-state index in [-0.39, 0.29) is 6.04 Å². The summed E-state index contributed by atoms with van der Waals surface area (Å²) in [5.41, 5.74) is -1.41. The van der Waals surface area contributed by atoms with Gasteiger partial charge in [0.25, 0.3) is 0 Å². The predicted octanol–water partition coefficient (Wildman–Crippen LogP) is 1.64. The highest BCUT2D eigenvalue weighted by atomic mass is 16.6. The maximum atomic E-state index is 13.5. The van der Waals surface area contributed by atoms with Gasteiger partial charge in [-0.05, 0) is 31.0 Å². The average Bonchev–Trinajstić information content (AvgIpc) is 3.32. The Balaban J connectivity index is 1.86. The zero-order valence-electron chi connectivity index (χ0n) is 19.8. The van der Waals surface area contributed by atoms with Crippen LogP contribution in [0, 0.1) is 5.41 Å². The van der Waals surface area contributed by atoms with Crippen LogP contribution in [0.5, 0.6) is 5.75 Å². The van der Waals surface area contributed by atoms with Crippen LogP contribution in [-0.4, -0.2) is 80.1 Å². The van der Waals surface area contributed by atoms with Crippen LogP contribution in [0.2, 0.25) is 0 Å². The second-order valence-corrected chi connectivity index (χ2v) is 9.76. The number of esters is 2. The number of anilines is 1. The van der Waals surface area contributed by atoms with Crippen molar-refractivity contribution in [3.8, 4) is 5.75 Å². The van der Waals surface area contributed by atoms with Gasteiger partial charge in [-0.1, -0.05) is 25.1 Å². The molecule has 0 bridgehead atoms. The third-order valence-electron chi connectivity index (χ3n) is 8.62. The maximum Gasteiger partial charge on any atom is 0.344 e. The Kier molecular flexibility index (Phi) is 4.85. The normalized spacial score (nSPS) is 38.4. The fraction of sp³-hybridized carbons (Fsp3) is 0.600. The van der Waals surface area contributed by atoms with E-state index in [1.165, 1.54) is 14.0 Å². The smallest absolute Gasteiger partial charge is 0.344 e. The van der Waals surface area contributed by atoms with E-state index in [1.807, 2.05) is 31.0 Å². The number of benzene rings is 1. The van der Waals surface area contributed by atoms with E-state index < -0.39 is 40.5 Å². The Morgan fingerprint density at radius 3 is 2.64 bits per heavy atom. The number of hydrogen-bond acceptors (Lipinski definition) is 8. The second kappa shape index (κ2) is 7.21. The monoisotopic (exact) mass is 456 g/mol. The van der Waals surface area contributed by atoms with Crippen molar-refractivity contribution < 1.29 is 28.9 Å². The van der Waals surface area contributed by atoms with E-state index in [1.54, 1.807) is 7.11 Å². The van der Waals surface area contributed by atoms with Crippen LogP contribution in [-0.2, 0) is 24.5 Å². The van der Waals surface area contributed by atoms with E-state index in [9.17, 15) is 14.7 Å². The fourth-order valence-corrected chi connectivity index (χ4v) is 7.68. The third kappa shape index (κ3) is 2.48. The summed E-state index contributed by atoms with van der Waals surface area (Å²) in [4.78, 5) is 30.2. The topological polar surface area (TPSA) is 88.5 Å². The summed E-state index contributed by atoms with van der Waals surface area (Å²) in [5, 5.41) is 12.5. The lowest BCUT2D eigenvalue weighted by Gasteiger charge is -2.63. The first-order valence-electron chi connectivity index (χ1n) is 11.5. The van der Waals surface area contributed by atoms with Crippen LogP contribution < -0.4 is 9.64 Å². The van der Waals surface area contributed by atoms with Gasteiger partial charge in [-0.3, -0.25) is 9.69 Å². The van der Waals surface area contributed by atoms with Crippen molar-refractivity contribution in [2.75, 3.05) is 39.3 Å². The Hall–Kier alpha value is -2.58. The fourth-order valence-electron chi connectivity index (χ4n) is 7.68. The van der Waals surface area contributed by atoms with E-state index in [0.717, 1.165) is 30.8 Å². The molecule has 4 aliphatic rings. The number of likely N-dealkylation sites (N-methyl/N-ethyl adjacent to an activating group) is 1. The van der Waals surface area contributed by atoms with Gasteiger partial charge in [0, 0.05) is 49.1 Å². The number of ether oxygens (including phenoxy) is 3. The van der Waals surface area contributed by atoms with E-state index in [0.29, 0.717) is 12.2 Å². The van der Waals surface area contributed by atoms with Gasteiger partial charge in [-0.2, -0.15) is 0 Å². The molecule has 1 aliphatic carbocycles. The molecule has 3 heterocycles. The van der Waals surface area contributed by atoms with Crippen LogP contribution in [0.3, 0.4) is 0 Å². The molecule has 0 radical (unpaired) electrons. The summed E-state index contributed by atoms with van der Waals surface area (Å²) in [6.45, 7) is 4.94. The highest BCUT2D eigenvalue weighted by molar-refractivity contribution is 5.87. The molecule has 33 heavy (non-hydrogen) atoms.